The number of aryl methyl sites for hydroxylation is 2. The molecular formula is C18H19ClN6OS. The van der Waals surface area contributed by atoms with E-state index in [-0.39, 0.29) is 18.0 Å². The molecule has 0 aromatic carbocycles. The number of halogens is 1. The topological polar surface area (TPSA) is 77.1 Å². The lowest BCUT2D eigenvalue weighted by atomic mass is 10.1. The second kappa shape index (κ2) is 7.38. The molecule has 0 radical (unpaired) electrons. The molecule has 0 amide bonds. The Balaban J connectivity index is 0.00000180. The lowest BCUT2D eigenvalue weighted by Gasteiger charge is -2.12. The number of pyridine rings is 1. The Morgan fingerprint density at radius 2 is 2.19 bits per heavy atom. The first-order chi connectivity index (χ1) is 12.8. The van der Waals surface area contributed by atoms with Crippen molar-refractivity contribution in [2.24, 2.45) is 0 Å². The van der Waals surface area contributed by atoms with E-state index in [1.54, 1.807) is 22.2 Å². The summed E-state index contributed by atoms with van der Waals surface area (Å²) in [6.45, 7) is 2.40. The van der Waals surface area contributed by atoms with Gasteiger partial charge in [-0.2, -0.15) is 0 Å². The molecule has 0 fully saturated rings. The van der Waals surface area contributed by atoms with E-state index in [0.717, 1.165) is 54.0 Å². The molecule has 0 saturated heterocycles. The highest BCUT2D eigenvalue weighted by Crippen LogP contribution is 2.29. The van der Waals surface area contributed by atoms with E-state index in [1.165, 1.54) is 10.4 Å². The Hall–Kier alpha value is -2.29. The predicted octanol–water partition coefficient (Wildman–Crippen LogP) is 2.20. The van der Waals surface area contributed by atoms with Crippen LogP contribution < -0.4 is 10.9 Å². The second-order valence-electron chi connectivity index (χ2n) is 6.50. The summed E-state index contributed by atoms with van der Waals surface area (Å²) in [5.41, 5.74) is 2.13. The molecule has 27 heavy (non-hydrogen) atoms. The fraction of sp³-hybridized carbons (Fsp3) is 0.333. The molecule has 9 heteroatoms. The molecule has 7 nitrogen and oxygen atoms in total. The number of nitrogens with zero attached hydrogens (tertiary/aromatic N) is 5. The Labute approximate surface area is 165 Å². The summed E-state index contributed by atoms with van der Waals surface area (Å²) in [5, 5.41) is 12.6. The van der Waals surface area contributed by atoms with Gasteiger partial charge in [-0.1, -0.05) is 6.07 Å². The van der Waals surface area contributed by atoms with Gasteiger partial charge in [-0.15, -0.1) is 33.9 Å². The van der Waals surface area contributed by atoms with Gasteiger partial charge in [0, 0.05) is 30.6 Å². The maximum atomic E-state index is 12.9. The van der Waals surface area contributed by atoms with Crippen molar-refractivity contribution in [1.29, 1.82) is 0 Å². The van der Waals surface area contributed by atoms with Crippen molar-refractivity contribution >= 4 is 39.6 Å². The highest BCUT2D eigenvalue weighted by Gasteiger charge is 2.19. The number of fused-ring (bicyclic) bond motifs is 4. The van der Waals surface area contributed by atoms with Crippen LogP contribution in [0.4, 0.5) is 0 Å². The van der Waals surface area contributed by atoms with Gasteiger partial charge in [0.15, 0.2) is 5.65 Å². The highest BCUT2D eigenvalue weighted by atomic mass is 35.5. The predicted molar refractivity (Wildman–Crippen MR) is 108 cm³/mol. The fourth-order valence-electron chi connectivity index (χ4n) is 3.58. The molecule has 0 saturated carbocycles. The normalized spacial score (nSPS) is 13.6. The molecule has 1 aliphatic heterocycles. The minimum absolute atomic E-state index is 0. The molecule has 4 aromatic heterocycles. The number of nitrogens with one attached hydrogen (secondary N) is 1. The molecule has 0 atom stereocenters. The van der Waals surface area contributed by atoms with Crippen molar-refractivity contribution in [1.82, 2.24) is 29.5 Å². The molecule has 140 valence electrons. The van der Waals surface area contributed by atoms with Gasteiger partial charge in [0.05, 0.1) is 11.7 Å². The van der Waals surface area contributed by atoms with Crippen LogP contribution in [0.15, 0.2) is 35.5 Å². The van der Waals surface area contributed by atoms with Gasteiger partial charge in [0.25, 0.3) is 5.56 Å². The molecule has 0 spiro atoms. The SMILES string of the molecule is Cl.O=c1c2c3c(sc2ncn1CCCc1nnc2ccccn12)CNCC3. The van der Waals surface area contributed by atoms with Gasteiger partial charge in [-0.25, -0.2) is 4.98 Å². The fourth-order valence-corrected chi connectivity index (χ4v) is 4.73. The Morgan fingerprint density at radius 3 is 3.11 bits per heavy atom. The standard InChI is InChI=1S/C18H18N6OS.ClH/c25-18-16-12-6-7-19-10-13(12)26-17(16)20-11-23(18)8-3-5-15-22-21-14-4-1-2-9-24(14)15;/h1-2,4,9,11,19H,3,5-8,10H2;1H. The zero-order valence-electron chi connectivity index (χ0n) is 14.6. The summed E-state index contributed by atoms with van der Waals surface area (Å²) in [7, 11) is 0. The molecule has 4 aromatic rings. The van der Waals surface area contributed by atoms with Gasteiger partial charge in [-0.3, -0.25) is 13.8 Å². The molecule has 0 aliphatic carbocycles. The minimum Gasteiger partial charge on any atom is -0.312 e. The number of hydrogen-bond donors (Lipinski definition) is 1. The van der Waals surface area contributed by atoms with Crippen molar-refractivity contribution in [3.63, 3.8) is 0 Å². The zero-order valence-corrected chi connectivity index (χ0v) is 16.2. The van der Waals surface area contributed by atoms with Crippen molar-refractivity contribution in [3.8, 4) is 0 Å². The number of aromatic nitrogens is 5. The summed E-state index contributed by atoms with van der Waals surface area (Å²) in [4.78, 5) is 19.6. The van der Waals surface area contributed by atoms with Gasteiger partial charge < -0.3 is 5.32 Å². The van der Waals surface area contributed by atoms with Crippen molar-refractivity contribution in [2.75, 3.05) is 6.54 Å². The summed E-state index contributed by atoms with van der Waals surface area (Å²) in [5.74, 6) is 0.918. The summed E-state index contributed by atoms with van der Waals surface area (Å²) >= 11 is 1.64. The molecule has 5 rings (SSSR count). The number of hydrogen-bond acceptors (Lipinski definition) is 6. The van der Waals surface area contributed by atoms with E-state index in [0.29, 0.717) is 6.54 Å². The maximum absolute atomic E-state index is 12.9. The Bertz CT molecular complexity index is 1160. The van der Waals surface area contributed by atoms with Crippen LogP contribution >= 0.6 is 23.7 Å². The summed E-state index contributed by atoms with van der Waals surface area (Å²) in [6.07, 6.45) is 6.14. The average Bonchev–Trinajstić information content (AvgIpc) is 3.25. The van der Waals surface area contributed by atoms with E-state index < -0.39 is 0 Å². The molecule has 1 aliphatic rings. The third kappa shape index (κ3) is 3.13. The van der Waals surface area contributed by atoms with E-state index >= 15 is 0 Å². The Kier molecular flexibility index (Phi) is 4.94. The third-order valence-corrected chi connectivity index (χ3v) is 6.02. The van der Waals surface area contributed by atoms with Crippen LogP contribution in [-0.4, -0.2) is 30.7 Å². The molecule has 1 N–H and O–H groups in total. The van der Waals surface area contributed by atoms with Crippen molar-refractivity contribution in [2.45, 2.75) is 32.4 Å². The first kappa shape index (κ1) is 18.1. The average molecular weight is 403 g/mol. The van der Waals surface area contributed by atoms with Gasteiger partial charge in [0.2, 0.25) is 0 Å². The minimum atomic E-state index is 0. The van der Waals surface area contributed by atoms with E-state index in [2.05, 4.69) is 20.5 Å². The largest absolute Gasteiger partial charge is 0.312 e. The maximum Gasteiger partial charge on any atom is 0.262 e. The summed E-state index contributed by atoms with van der Waals surface area (Å²) in [6, 6.07) is 5.86. The van der Waals surface area contributed by atoms with E-state index in [9.17, 15) is 4.79 Å². The summed E-state index contributed by atoms with van der Waals surface area (Å²) < 4.78 is 3.73. The lowest BCUT2D eigenvalue weighted by molar-refractivity contribution is 0.603. The first-order valence-corrected chi connectivity index (χ1v) is 9.62. The lowest BCUT2D eigenvalue weighted by Crippen LogP contribution is -2.25. The smallest absolute Gasteiger partial charge is 0.262 e. The van der Waals surface area contributed by atoms with Crippen molar-refractivity contribution in [3.05, 3.63) is 57.3 Å². The van der Waals surface area contributed by atoms with Crippen LogP contribution in [-0.2, 0) is 25.9 Å². The van der Waals surface area contributed by atoms with Crippen molar-refractivity contribution < 1.29 is 0 Å². The quantitative estimate of drug-likeness (QED) is 0.566. The van der Waals surface area contributed by atoms with E-state index in [4.69, 9.17) is 0 Å². The van der Waals surface area contributed by atoms with Crippen LogP contribution in [0.2, 0.25) is 0 Å². The zero-order chi connectivity index (χ0) is 17.5. The first-order valence-electron chi connectivity index (χ1n) is 8.80. The second-order valence-corrected chi connectivity index (χ2v) is 7.59. The number of thiophene rings is 1. The monoisotopic (exact) mass is 402 g/mol. The highest BCUT2D eigenvalue weighted by molar-refractivity contribution is 7.18. The van der Waals surface area contributed by atoms with Crippen LogP contribution in [0.3, 0.4) is 0 Å². The van der Waals surface area contributed by atoms with E-state index in [1.807, 2.05) is 28.8 Å². The molecular weight excluding hydrogens is 384 g/mol. The molecule has 5 heterocycles. The van der Waals surface area contributed by atoms with Crippen LogP contribution in [0, 0.1) is 0 Å². The Morgan fingerprint density at radius 1 is 1.26 bits per heavy atom. The van der Waals surface area contributed by atoms with Gasteiger partial charge in [0.1, 0.15) is 10.7 Å². The number of rotatable bonds is 4. The third-order valence-electron chi connectivity index (χ3n) is 4.88. The van der Waals surface area contributed by atoms with Gasteiger partial charge >= 0.3 is 0 Å². The molecule has 0 bridgehead atoms. The molecule has 0 unspecified atom stereocenters. The van der Waals surface area contributed by atoms with Crippen LogP contribution in [0.1, 0.15) is 22.7 Å². The van der Waals surface area contributed by atoms with Gasteiger partial charge in [-0.05, 0) is 37.1 Å². The van der Waals surface area contributed by atoms with Crippen LogP contribution in [0.5, 0.6) is 0 Å². The van der Waals surface area contributed by atoms with Crippen LogP contribution in [0.25, 0.3) is 15.9 Å².